The monoisotopic (exact) mass is 279 g/mol. The van der Waals surface area contributed by atoms with Crippen LogP contribution in [0.25, 0.3) is 0 Å². The lowest BCUT2D eigenvalue weighted by Gasteiger charge is -2.22. The summed E-state index contributed by atoms with van der Waals surface area (Å²) in [6.45, 7) is 0.941. The fourth-order valence-electron chi connectivity index (χ4n) is 2.90. The number of hydrogen-bond acceptors (Lipinski definition) is 3. The number of nitrogens with zero attached hydrogens (tertiary/aromatic N) is 2. The predicted octanol–water partition coefficient (Wildman–Crippen LogP) is 2.75. The number of aliphatic imine (C=N–C) groups is 1. The first-order valence-electron chi connectivity index (χ1n) is 7.28. The van der Waals surface area contributed by atoms with Crippen LogP contribution in [0.4, 0.5) is 0 Å². The van der Waals surface area contributed by atoms with E-state index in [-0.39, 0.29) is 6.04 Å². The van der Waals surface area contributed by atoms with Gasteiger partial charge in [-0.1, -0.05) is 48.5 Å². The Bertz CT molecular complexity index is 674. The largest absolute Gasteiger partial charge is 0.383 e. The van der Waals surface area contributed by atoms with E-state index in [2.05, 4.69) is 55.4 Å². The SMILES string of the molecule is CN(C)Cc1cccc(C2Cc3ccccc3C(N)=N2)c1. The highest BCUT2D eigenvalue weighted by Crippen LogP contribution is 2.29. The zero-order valence-corrected chi connectivity index (χ0v) is 12.6. The molecule has 0 radical (unpaired) electrons. The highest BCUT2D eigenvalue weighted by Gasteiger charge is 2.20. The van der Waals surface area contributed by atoms with Crippen LogP contribution in [0, 0.1) is 0 Å². The van der Waals surface area contributed by atoms with E-state index in [4.69, 9.17) is 10.7 Å². The Kier molecular flexibility index (Phi) is 3.76. The van der Waals surface area contributed by atoms with Crippen LogP contribution in [0.5, 0.6) is 0 Å². The summed E-state index contributed by atoms with van der Waals surface area (Å²) in [4.78, 5) is 6.87. The van der Waals surface area contributed by atoms with Crippen molar-refractivity contribution in [2.24, 2.45) is 10.7 Å². The van der Waals surface area contributed by atoms with Crippen LogP contribution in [0.1, 0.15) is 28.3 Å². The second-order valence-corrected chi connectivity index (χ2v) is 5.87. The third-order valence-corrected chi connectivity index (χ3v) is 3.84. The van der Waals surface area contributed by atoms with Crippen LogP contribution < -0.4 is 5.73 Å². The number of amidine groups is 1. The Labute approximate surface area is 126 Å². The average Bonchev–Trinajstić information content (AvgIpc) is 2.47. The van der Waals surface area contributed by atoms with E-state index >= 15 is 0 Å². The molecule has 2 aromatic rings. The van der Waals surface area contributed by atoms with Gasteiger partial charge in [0.25, 0.3) is 0 Å². The maximum absolute atomic E-state index is 6.13. The molecule has 3 nitrogen and oxygen atoms in total. The zero-order valence-electron chi connectivity index (χ0n) is 12.6. The van der Waals surface area contributed by atoms with E-state index in [1.54, 1.807) is 0 Å². The zero-order chi connectivity index (χ0) is 14.8. The standard InChI is InChI=1S/C18H21N3/c1-21(2)12-13-6-5-8-15(10-13)17-11-14-7-3-4-9-16(14)18(19)20-17/h3-10,17H,11-12H2,1-2H3,(H2,19,20). The smallest absolute Gasteiger partial charge is 0.126 e. The summed E-state index contributed by atoms with van der Waals surface area (Å²) in [5, 5.41) is 0. The quantitative estimate of drug-likeness (QED) is 0.938. The molecule has 0 saturated carbocycles. The molecule has 1 atom stereocenters. The van der Waals surface area contributed by atoms with Gasteiger partial charge < -0.3 is 10.6 Å². The van der Waals surface area contributed by atoms with Crippen molar-refractivity contribution in [3.63, 3.8) is 0 Å². The van der Waals surface area contributed by atoms with Crippen molar-refractivity contribution in [1.29, 1.82) is 0 Å². The van der Waals surface area contributed by atoms with Crippen molar-refractivity contribution in [3.05, 3.63) is 70.8 Å². The molecule has 0 aliphatic carbocycles. The van der Waals surface area contributed by atoms with Gasteiger partial charge >= 0.3 is 0 Å². The van der Waals surface area contributed by atoms with Gasteiger partial charge in [-0.05, 0) is 37.2 Å². The normalized spacial score (nSPS) is 17.5. The molecule has 1 aliphatic rings. The van der Waals surface area contributed by atoms with Crippen molar-refractivity contribution in [2.45, 2.75) is 19.0 Å². The van der Waals surface area contributed by atoms with Crippen LogP contribution in [0.2, 0.25) is 0 Å². The second-order valence-electron chi connectivity index (χ2n) is 5.87. The molecule has 1 aliphatic heterocycles. The van der Waals surface area contributed by atoms with Crippen LogP contribution in [-0.2, 0) is 13.0 Å². The summed E-state index contributed by atoms with van der Waals surface area (Å²) in [6.07, 6.45) is 0.919. The van der Waals surface area contributed by atoms with E-state index in [1.165, 1.54) is 16.7 Å². The molecule has 1 unspecified atom stereocenters. The van der Waals surface area contributed by atoms with Crippen LogP contribution in [0.15, 0.2) is 53.5 Å². The van der Waals surface area contributed by atoms with Crippen LogP contribution in [0.3, 0.4) is 0 Å². The Morgan fingerprint density at radius 2 is 1.95 bits per heavy atom. The first-order valence-corrected chi connectivity index (χ1v) is 7.28. The van der Waals surface area contributed by atoms with E-state index in [0.717, 1.165) is 18.5 Å². The lowest BCUT2D eigenvalue weighted by Crippen LogP contribution is -2.23. The molecule has 21 heavy (non-hydrogen) atoms. The van der Waals surface area contributed by atoms with Gasteiger partial charge in [0.15, 0.2) is 0 Å². The molecular formula is C18H21N3. The highest BCUT2D eigenvalue weighted by atomic mass is 15.0. The molecule has 0 saturated heterocycles. The molecule has 3 heteroatoms. The molecule has 0 bridgehead atoms. The maximum Gasteiger partial charge on any atom is 0.126 e. The Morgan fingerprint density at radius 3 is 2.76 bits per heavy atom. The summed E-state index contributed by atoms with van der Waals surface area (Å²) >= 11 is 0. The predicted molar refractivity (Wildman–Crippen MR) is 87.4 cm³/mol. The topological polar surface area (TPSA) is 41.6 Å². The van der Waals surface area contributed by atoms with Gasteiger partial charge in [-0.15, -0.1) is 0 Å². The second kappa shape index (κ2) is 5.70. The van der Waals surface area contributed by atoms with E-state index in [1.807, 2.05) is 12.1 Å². The summed E-state index contributed by atoms with van der Waals surface area (Å²) in [6, 6.07) is 17.1. The first-order chi connectivity index (χ1) is 10.1. The number of benzene rings is 2. The summed E-state index contributed by atoms with van der Waals surface area (Å²) < 4.78 is 0. The van der Waals surface area contributed by atoms with Gasteiger partial charge in [-0.3, -0.25) is 4.99 Å². The van der Waals surface area contributed by atoms with Gasteiger partial charge in [-0.2, -0.15) is 0 Å². The van der Waals surface area contributed by atoms with Crippen molar-refractivity contribution < 1.29 is 0 Å². The van der Waals surface area contributed by atoms with Gasteiger partial charge in [0.05, 0.1) is 6.04 Å². The van der Waals surface area contributed by atoms with Gasteiger partial charge in [0.1, 0.15) is 5.84 Å². The summed E-state index contributed by atoms with van der Waals surface area (Å²) in [7, 11) is 4.17. The third kappa shape index (κ3) is 2.98. The van der Waals surface area contributed by atoms with E-state index in [9.17, 15) is 0 Å². The number of hydrogen-bond donors (Lipinski definition) is 1. The highest BCUT2D eigenvalue weighted by molar-refractivity contribution is 5.99. The Balaban J connectivity index is 1.91. The van der Waals surface area contributed by atoms with Crippen molar-refractivity contribution in [2.75, 3.05) is 14.1 Å². The molecule has 2 aromatic carbocycles. The molecular weight excluding hydrogens is 258 g/mol. The lowest BCUT2D eigenvalue weighted by atomic mass is 9.92. The Morgan fingerprint density at radius 1 is 1.14 bits per heavy atom. The first kappa shape index (κ1) is 13.8. The summed E-state index contributed by atoms with van der Waals surface area (Å²) in [5.74, 6) is 0.653. The van der Waals surface area contributed by atoms with Crippen molar-refractivity contribution >= 4 is 5.84 Å². The molecule has 3 rings (SSSR count). The van der Waals surface area contributed by atoms with Crippen LogP contribution >= 0.6 is 0 Å². The molecule has 1 heterocycles. The number of fused-ring (bicyclic) bond motifs is 1. The average molecular weight is 279 g/mol. The van der Waals surface area contributed by atoms with E-state index in [0.29, 0.717) is 5.84 Å². The summed E-state index contributed by atoms with van der Waals surface area (Å²) in [5.41, 5.74) is 11.1. The van der Waals surface area contributed by atoms with Crippen molar-refractivity contribution in [3.8, 4) is 0 Å². The number of nitrogens with two attached hydrogens (primary N) is 1. The van der Waals surface area contributed by atoms with Gasteiger partial charge in [0.2, 0.25) is 0 Å². The molecule has 0 fully saturated rings. The van der Waals surface area contributed by atoms with Crippen LogP contribution in [-0.4, -0.2) is 24.8 Å². The minimum atomic E-state index is 0.127. The fourth-order valence-corrected chi connectivity index (χ4v) is 2.90. The van der Waals surface area contributed by atoms with Gasteiger partial charge in [-0.25, -0.2) is 0 Å². The molecule has 0 aromatic heterocycles. The molecule has 2 N–H and O–H groups in total. The number of rotatable bonds is 3. The third-order valence-electron chi connectivity index (χ3n) is 3.84. The lowest BCUT2D eigenvalue weighted by molar-refractivity contribution is 0.402. The molecule has 108 valence electrons. The minimum Gasteiger partial charge on any atom is -0.383 e. The molecule has 0 spiro atoms. The van der Waals surface area contributed by atoms with Gasteiger partial charge in [0, 0.05) is 12.1 Å². The van der Waals surface area contributed by atoms with Crippen molar-refractivity contribution in [1.82, 2.24) is 4.90 Å². The fraction of sp³-hybridized carbons (Fsp3) is 0.278. The molecule has 0 amide bonds. The Hall–Kier alpha value is -2.13. The minimum absolute atomic E-state index is 0.127. The maximum atomic E-state index is 6.13. The van der Waals surface area contributed by atoms with E-state index < -0.39 is 0 Å².